The van der Waals surface area contributed by atoms with Crippen molar-refractivity contribution in [3.05, 3.63) is 24.0 Å². The second-order valence-electron chi connectivity index (χ2n) is 3.28. The summed E-state index contributed by atoms with van der Waals surface area (Å²) in [6.45, 7) is 6.41. The first kappa shape index (κ1) is 10.3. The largest absolute Gasteiger partial charge is 0.392 e. The minimum Gasteiger partial charge on any atom is -0.392 e. The van der Waals surface area contributed by atoms with Gasteiger partial charge in [-0.1, -0.05) is 6.92 Å². The second kappa shape index (κ2) is 5.04. The van der Waals surface area contributed by atoms with E-state index in [1.54, 1.807) is 6.92 Å². The Morgan fingerprint density at radius 3 is 3.00 bits per heavy atom. The predicted octanol–water partition coefficient (Wildman–Crippen LogP) is 0.978. The highest BCUT2D eigenvalue weighted by atomic mass is 16.3. The molecule has 0 saturated heterocycles. The van der Waals surface area contributed by atoms with Gasteiger partial charge in [0.15, 0.2) is 0 Å². The van der Waals surface area contributed by atoms with Crippen LogP contribution in [0.2, 0.25) is 0 Å². The highest BCUT2D eigenvalue weighted by Gasteiger charge is 2.02. The molecule has 0 amide bonds. The van der Waals surface area contributed by atoms with Gasteiger partial charge in [0.25, 0.3) is 0 Å². The average Bonchev–Trinajstić information content (AvgIpc) is 2.48. The number of nitrogens with one attached hydrogen (secondary N) is 1. The van der Waals surface area contributed by atoms with Crippen LogP contribution >= 0.6 is 0 Å². The maximum absolute atomic E-state index is 9.23. The fourth-order valence-corrected chi connectivity index (χ4v) is 1.33. The number of aliphatic hydroxyl groups is 1. The van der Waals surface area contributed by atoms with Crippen molar-refractivity contribution in [2.24, 2.45) is 0 Å². The van der Waals surface area contributed by atoms with Crippen LogP contribution in [-0.4, -0.2) is 22.3 Å². The van der Waals surface area contributed by atoms with E-state index in [1.807, 2.05) is 12.3 Å². The maximum atomic E-state index is 9.23. The van der Waals surface area contributed by atoms with Crippen molar-refractivity contribution >= 4 is 0 Å². The summed E-state index contributed by atoms with van der Waals surface area (Å²) >= 11 is 0. The van der Waals surface area contributed by atoms with Crippen LogP contribution in [0, 0.1) is 0 Å². The SMILES string of the molecule is CCNCc1cccn1CC(C)O. The van der Waals surface area contributed by atoms with E-state index in [1.165, 1.54) is 5.69 Å². The summed E-state index contributed by atoms with van der Waals surface area (Å²) in [6.07, 6.45) is 1.71. The molecular weight excluding hydrogens is 164 g/mol. The number of rotatable bonds is 5. The summed E-state index contributed by atoms with van der Waals surface area (Å²) in [5.41, 5.74) is 1.22. The van der Waals surface area contributed by atoms with Crippen molar-refractivity contribution in [2.45, 2.75) is 33.0 Å². The van der Waals surface area contributed by atoms with Gasteiger partial charge in [-0.25, -0.2) is 0 Å². The van der Waals surface area contributed by atoms with Crippen LogP contribution in [0.1, 0.15) is 19.5 Å². The zero-order chi connectivity index (χ0) is 9.68. The Balaban J connectivity index is 2.55. The quantitative estimate of drug-likeness (QED) is 0.712. The Morgan fingerprint density at radius 2 is 2.38 bits per heavy atom. The van der Waals surface area contributed by atoms with E-state index in [-0.39, 0.29) is 6.10 Å². The molecule has 0 fully saturated rings. The molecule has 3 nitrogen and oxygen atoms in total. The number of hydrogen-bond acceptors (Lipinski definition) is 2. The standard InChI is InChI=1S/C10H18N2O/c1-3-11-7-10-5-4-6-12(10)8-9(2)13/h4-6,9,11,13H,3,7-8H2,1-2H3. The lowest BCUT2D eigenvalue weighted by Crippen LogP contribution is -2.18. The maximum Gasteiger partial charge on any atom is 0.0690 e. The molecule has 1 aromatic rings. The summed E-state index contributed by atoms with van der Waals surface area (Å²) < 4.78 is 2.08. The van der Waals surface area contributed by atoms with Gasteiger partial charge in [-0.2, -0.15) is 0 Å². The molecule has 0 bridgehead atoms. The van der Waals surface area contributed by atoms with E-state index < -0.39 is 0 Å². The first-order valence-electron chi connectivity index (χ1n) is 4.76. The highest BCUT2D eigenvalue weighted by molar-refractivity contribution is 5.06. The third kappa shape index (κ3) is 3.20. The first-order chi connectivity index (χ1) is 6.24. The lowest BCUT2D eigenvalue weighted by Gasteiger charge is -2.10. The lowest BCUT2D eigenvalue weighted by atomic mass is 10.3. The van der Waals surface area contributed by atoms with Gasteiger partial charge in [0.1, 0.15) is 0 Å². The minimum absolute atomic E-state index is 0.284. The molecule has 0 aliphatic carbocycles. The van der Waals surface area contributed by atoms with Gasteiger partial charge < -0.3 is 15.0 Å². The Bertz CT molecular complexity index is 243. The molecule has 1 aromatic heterocycles. The third-order valence-electron chi connectivity index (χ3n) is 1.94. The molecule has 1 unspecified atom stereocenters. The van der Waals surface area contributed by atoms with Gasteiger partial charge in [-0.3, -0.25) is 0 Å². The Morgan fingerprint density at radius 1 is 1.62 bits per heavy atom. The Hall–Kier alpha value is -0.800. The molecule has 13 heavy (non-hydrogen) atoms. The summed E-state index contributed by atoms with van der Waals surface area (Å²) in [4.78, 5) is 0. The Labute approximate surface area is 79.4 Å². The van der Waals surface area contributed by atoms with Crippen LogP contribution < -0.4 is 5.32 Å². The molecule has 0 aliphatic heterocycles. The lowest BCUT2D eigenvalue weighted by molar-refractivity contribution is 0.172. The van der Waals surface area contributed by atoms with Crippen molar-refractivity contribution in [1.29, 1.82) is 0 Å². The molecule has 1 heterocycles. The van der Waals surface area contributed by atoms with Gasteiger partial charge in [-0.15, -0.1) is 0 Å². The van der Waals surface area contributed by atoms with E-state index in [9.17, 15) is 5.11 Å². The number of nitrogens with zero attached hydrogens (tertiary/aromatic N) is 1. The molecule has 74 valence electrons. The number of hydrogen-bond donors (Lipinski definition) is 2. The summed E-state index contributed by atoms with van der Waals surface area (Å²) in [7, 11) is 0. The molecule has 0 aliphatic rings. The van der Waals surface area contributed by atoms with E-state index in [0.29, 0.717) is 6.54 Å². The summed E-state index contributed by atoms with van der Waals surface area (Å²) in [5.74, 6) is 0. The van der Waals surface area contributed by atoms with Gasteiger partial charge in [-0.05, 0) is 25.6 Å². The smallest absolute Gasteiger partial charge is 0.0690 e. The molecule has 1 rings (SSSR count). The molecule has 0 spiro atoms. The molecular formula is C10H18N2O. The second-order valence-corrected chi connectivity index (χ2v) is 3.28. The van der Waals surface area contributed by atoms with Crippen LogP contribution in [0.15, 0.2) is 18.3 Å². The van der Waals surface area contributed by atoms with Crippen molar-refractivity contribution < 1.29 is 5.11 Å². The van der Waals surface area contributed by atoms with Gasteiger partial charge in [0.05, 0.1) is 6.10 Å². The van der Waals surface area contributed by atoms with Gasteiger partial charge in [0.2, 0.25) is 0 Å². The monoisotopic (exact) mass is 182 g/mol. The number of aliphatic hydroxyl groups excluding tert-OH is 1. The fraction of sp³-hybridized carbons (Fsp3) is 0.600. The third-order valence-corrected chi connectivity index (χ3v) is 1.94. The van der Waals surface area contributed by atoms with Crippen molar-refractivity contribution in [2.75, 3.05) is 6.54 Å². The zero-order valence-electron chi connectivity index (χ0n) is 8.33. The van der Waals surface area contributed by atoms with E-state index in [4.69, 9.17) is 0 Å². The Kier molecular flexibility index (Phi) is 3.99. The molecule has 0 aromatic carbocycles. The van der Waals surface area contributed by atoms with Crippen LogP contribution in [0.25, 0.3) is 0 Å². The average molecular weight is 182 g/mol. The fourth-order valence-electron chi connectivity index (χ4n) is 1.33. The van der Waals surface area contributed by atoms with Crippen LogP contribution in [0.5, 0.6) is 0 Å². The van der Waals surface area contributed by atoms with Crippen molar-refractivity contribution in [1.82, 2.24) is 9.88 Å². The number of aromatic nitrogens is 1. The zero-order valence-corrected chi connectivity index (χ0v) is 8.33. The molecule has 0 saturated carbocycles. The molecule has 3 heteroatoms. The highest BCUT2D eigenvalue weighted by Crippen LogP contribution is 2.03. The van der Waals surface area contributed by atoms with Crippen LogP contribution in [0.4, 0.5) is 0 Å². The molecule has 1 atom stereocenters. The van der Waals surface area contributed by atoms with E-state index in [0.717, 1.165) is 13.1 Å². The van der Waals surface area contributed by atoms with Crippen molar-refractivity contribution in [3.8, 4) is 0 Å². The summed E-state index contributed by atoms with van der Waals surface area (Å²) in [5, 5.41) is 12.5. The molecule has 0 radical (unpaired) electrons. The van der Waals surface area contributed by atoms with Crippen molar-refractivity contribution in [3.63, 3.8) is 0 Å². The minimum atomic E-state index is -0.284. The first-order valence-corrected chi connectivity index (χ1v) is 4.76. The summed E-state index contributed by atoms with van der Waals surface area (Å²) in [6, 6.07) is 4.08. The molecule has 2 N–H and O–H groups in total. The van der Waals surface area contributed by atoms with Gasteiger partial charge >= 0.3 is 0 Å². The van der Waals surface area contributed by atoms with E-state index >= 15 is 0 Å². The van der Waals surface area contributed by atoms with Crippen LogP contribution in [0.3, 0.4) is 0 Å². The topological polar surface area (TPSA) is 37.2 Å². The normalized spacial score (nSPS) is 13.2. The predicted molar refractivity (Wildman–Crippen MR) is 53.5 cm³/mol. The van der Waals surface area contributed by atoms with Gasteiger partial charge in [0, 0.05) is 25.0 Å². The van der Waals surface area contributed by atoms with Crippen LogP contribution in [-0.2, 0) is 13.1 Å². The van der Waals surface area contributed by atoms with E-state index in [2.05, 4.69) is 22.9 Å².